The summed E-state index contributed by atoms with van der Waals surface area (Å²) in [5.74, 6) is -0.811. The summed E-state index contributed by atoms with van der Waals surface area (Å²) in [6, 6.07) is 20.8. The molecule has 0 radical (unpaired) electrons. The van der Waals surface area contributed by atoms with E-state index in [-0.39, 0.29) is 16.4 Å². The van der Waals surface area contributed by atoms with Crippen LogP contribution in [0.15, 0.2) is 83.8 Å². The van der Waals surface area contributed by atoms with E-state index >= 15 is 0 Å². The maximum Gasteiger partial charge on any atom is 0.261 e. The third-order valence-corrected chi connectivity index (χ3v) is 5.77. The number of nitrogens with one attached hydrogen (secondary N) is 3. The lowest BCUT2D eigenvalue weighted by Gasteiger charge is -2.12. The van der Waals surface area contributed by atoms with Gasteiger partial charge in [-0.2, -0.15) is 0 Å². The van der Waals surface area contributed by atoms with Gasteiger partial charge in [0.1, 0.15) is 0 Å². The van der Waals surface area contributed by atoms with Crippen LogP contribution in [0, 0.1) is 0 Å². The molecule has 2 amide bonds. The van der Waals surface area contributed by atoms with Crippen LogP contribution in [0.2, 0.25) is 0 Å². The SMILES string of the molecule is CCCNC(=O)c1ccccc1NC(=O)c1cccc(S(=O)(=O)Nc2ccccc2)c1. The fourth-order valence-electron chi connectivity index (χ4n) is 2.84. The second-order valence-corrected chi connectivity index (χ2v) is 8.44. The average Bonchev–Trinajstić information content (AvgIpc) is 2.78. The van der Waals surface area contributed by atoms with Gasteiger partial charge in [0, 0.05) is 17.8 Å². The first-order valence-corrected chi connectivity index (χ1v) is 11.3. The number of anilines is 2. The van der Waals surface area contributed by atoms with E-state index in [0.717, 1.165) is 6.42 Å². The Morgan fingerprint density at radius 2 is 1.55 bits per heavy atom. The van der Waals surface area contributed by atoms with E-state index in [1.165, 1.54) is 24.3 Å². The highest BCUT2D eigenvalue weighted by molar-refractivity contribution is 7.92. The molecular formula is C23H23N3O4S. The molecular weight excluding hydrogens is 414 g/mol. The third-order valence-electron chi connectivity index (χ3n) is 4.39. The van der Waals surface area contributed by atoms with Gasteiger partial charge in [0.25, 0.3) is 21.8 Å². The predicted octanol–water partition coefficient (Wildman–Crippen LogP) is 3.88. The molecule has 31 heavy (non-hydrogen) atoms. The van der Waals surface area contributed by atoms with E-state index in [1.54, 1.807) is 54.6 Å². The molecule has 0 saturated heterocycles. The molecule has 3 aromatic carbocycles. The molecule has 0 aromatic heterocycles. The Balaban J connectivity index is 1.81. The van der Waals surface area contributed by atoms with Crippen molar-refractivity contribution >= 4 is 33.2 Å². The van der Waals surface area contributed by atoms with Gasteiger partial charge in [-0.05, 0) is 48.9 Å². The zero-order valence-corrected chi connectivity index (χ0v) is 17.8. The van der Waals surface area contributed by atoms with Crippen LogP contribution in [-0.2, 0) is 10.0 Å². The minimum absolute atomic E-state index is 0.0435. The first-order valence-electron chi connectivity index (χ1n) is 9.77. The van der Waals surface area contributed by atoms with E-state index in [0.29, 0.717) is 23.5 Å². The highest BCUT2D eigenvalue weighted by Crippen LogP contribution is 2.19. The summed E-state index contributed by atoms with van der Waals surface area (Å²) in [5, 5.41) is 5.47. The highest BCUT2D eigenvalue weighted by atomic mass is 32.2. The Kier molecular flexibility index (Phi) is 7.04. The van der Waals surface area contributed by atoms with Crippen LogP contribution in [0.4, 0.5) is 11.4 Å². The Morgan fingerprint density at radius 1 is 0.839 bits per heavy atom. The minimum atomic E-state index is -3.87. The van der Waals surface area contributed by atoms with Gasteiger partial charge >= 0.3 is 0 Å². The molecule has 3 rings (SSSR count). The summed E-state index contributed by atoms with van der Waals surface area (Å²) in [6.07, 6.45) is 0.790. The van der Waals surface area contributed by atoms with Crippen LogP contribution in [0.25, 0.3) is 0 Å². The molecule has 0 bridgehead atoms. The highest BCUT2D eigenvalue weighted by Gasteiger charge is 2.18. The quantitative estimate of drug-likeness (QED) is 0.497. The summed E-state index contributed by atoms with van der Waals surface area (Å²) >= 11 is 0. The fourth-order valence-corrected chi connectivity index (χ4v) is 3.95. The van der Waals surface area contributed by atoms with Crippen molar-refractivity contribution in [3.8, 4) is 0 Å². The lowest BCUT2D eigenvalue weighted by molar-refractivity contribution is 0.0954. The normalized spacial score (nSPS) is 10.9. The average molecular weight is 438 g/mol. The van der Waals surface area contributed by atoms with E-state index in [2.05, 4.69) is 15.4 Å². The number of carbonyl (C=O) groups is 2. The van der Waals surface area contributed by atoms with Gasteiger partial charge in [0.2, 0.25) is 0 Å². The van der Waals surface area contributed by atoms with E-state index in [1.807, 2.05) is 6.92 Å². The van der Waals surface area contributed by atoms with Crippen LogP contribution in [0.3, 0.4) is 0 Å². The predicted molar refractivity (Wildman–Crippen MR) is 121 cm³/mol. The number of amides is 2. The lowest BCUT2D eigenvalue weighted by atomic mass is 10.1. The Bertz CT molecular complexity index is 1180. The van der Waals surface area contributed by atoms with Crippen LogP contribution in [0.5, 0.6) is 0 Å². The standard InChI is InChI=1S/C23H23N3O4S/c1-2-15-24-23(28)20-13-6-7-14-21(20)25-22(27)17-9-8-12-19(16-17)31(29,30)26-18-10-4-3-5-11-18/h3-14,16,26H,2,15H2,1H3,(H,24,28)(H,25,27). The van der Waals surface area contributed by atoms with Crippen LogP contribution in [0.1, 0.15) is 34.1 Å². The number of para-hydroxylation sites is 2. The molecule has 3 aromatic rings. The molecule has 7 nitrogen and oxygen atoms in total. The van der Waals surface area contributed by atoms with Crippen molar-refractivity contribution in [2.45, 2.75) is 18.2 Å². The molecule has 0 spiro atoms. The van der Waals surface area contributed by atoms with E-state index < -0.39 is 15.9 Å². The first kappa shape index (κ1) is 22.0. The number of rotatable bonds is 8. The van der Waals surface area contributed by atoms with Gasteiger partial charge in [-0.25, -0.2) is 8.42 Å². The molecule has 0 aliphatic carbocycles. The Labute approximate surface area is 181 Å². The fraction of sp³-hybridized carbons (Fsp3) is 0.130. The van der Waals surface area contributed by atoms with Crippen LogP contribution in [-0.4, -0.2) is 26.8 Å². The molecule has 3 N–H and O–H groups in total. The third kappa shape index (κ3) is 5.70. The van der Waals surface area contributed by atoms with Crippen molar-refractivity contribution in [3.05, 3.63) is 90.0 Å². The molecule has 160 valence electrons. The largest absolute Gasteiger partial charge is 0.352 e. The van der Waals surface area contributed by atoms with Gasteiger partial charge in [-0.1, -0.05) is 43.3 Å². The molecule has 0 aliphatic rings. The van der Waals surface area contributed by atoms with Crippen molar-refractivity contribution in [1.29, 1.82) is 0 Å². The van der Waals surface area contributed by atoms with Crippen molar-refractivity contribution in [3.63, 3.8) is 0 Å². The van der Waals surface area contributed by atoms with Crippen LogP contribution < -0.4 is 15.4 Å². The van der Waals surface area contributed by atoms with Crippen molar-refractivity contribution in [2.24, 2.45) is 0 Å². The second-order valence-electron chi connectivity index (χ2n) is 6.75. The lowest BCUT2D eigenvalue weighted by Crippen LogP contribution is -2.25. The minimum Gasteiger partial charge on any atom is -0.352 e. The first-order chi connectivity index (χ1) is 14.9. The summed E-state index contributed by atoms with van der Waals surface area (Å²) in [4.78, 5) is 25.1. The maximum absolute atomic E-state index is 12.8. The summed E-state index contributed by atoms with van der Waals surface area (Å²) < 4.78 is 27.8. The van der Waals surface area contributed by atoms with Crippen molar-refractivity contribution in [2.75, 3.05) is 16.6 Å². The topological polar surface area (TPSA) is 104 Å². The number of hydrogen-bond donors (Lipinski definition) is 3. The van der Waals surface area contributed by atoms with Crippen molar-refractivity contribution in [1.82, 2.24) is 5.32 Å². The Morgan fingerprint density at radius 3 is 2.29 bits per heavy atom. The van der Waals surface area contributed by atoms with Crippen LogP contribution >= 0.6 is 0 Å². The zero-order chi connectivity index (χ0) is 22.3. The maximum atomic E-state index is 12.8. The van der Waals surface area contributed by atoms with Gasteiger partial charge in [-0.3, -0.25) is 14.3 Å². The monoisotopic (exact) mass is 437 g/mol. The molecule has 0 unspecified atom stereocenters. The summed E-state index contributed by atoms with van der Waals surface area (Å²) in [5.41, 5.74) is 1.25. The van der Waals surface area contributed by atoms with Gasteiger partial charge < -0.3 is 10.6 Å². The van der Waals surface area contributed by atoms with E-state index in [9.17, 15) is 18.0 Å². The van der Waals surface area contributed by atoms with E-state index in [4.69, 9.17) is 0 Å². The number of benzene rings is 3. The van der Waals surface area contributed by atoms with Gasteiger partial charge in [0.05, 0.1) is 16.1 Å². The molecule has 0 atom stereocenters. The van der Waals surface area contributed by atoms with Gasteiger partial charge in [-0.15, -0.1) is 0 Å². The molecule has 0 heterocycles. The molecule has 8 heteroatoms. The molecule has 0 saturated carbocycles. The second kappa shape index (κ2) is 9.90. The summed E-state index contributed by atoms with van der Waals surface area (Å²) in [7, 11) is -3.87. The van der Waals surface area contributed by atoms with Crippen molar-refractivity contribution < 1.29 is 18.0 Å². The smallest absolute Gasteiger partial charge is 0.261 e. The molecule has 0 fully saturated rings. The number of carbonyl (C=O) groups excluding carboxylic acids is 2. The Hall–Kier alpha value is -3.65. The van der Waals surface area contributed by atoms with Gasteiger partial charge in [0.15, 0.2) is 0 Å². The molecule has 0 aliphatic heterocycles. The number of hydrogen-bond acceptors (Lipinski definition) is 4. The zero-order valence-electron chi connectivity index (χ0n) is 17.0. The number of sulfonamides is 1. The summed E-state index contributed by atoms with van der Waals surface area (Å²) in [6.45, 7) is 2.47.